The Morgan fingerprint density at radius 1 is 1.31 bits per heavy atom. The summed E-state index contributed by atoms with van der Waals surface area (Å²) in [7, 11) is 0. The van der Waals surface area contributed by atoms with Crippen molar-refractivity contribution in [3.63, 3.8) is 0 Å². The van der Waals surface area contributed by atoms with Gasteiger partial charge in [-0.2, -0.15) is 0 Å². The minimum Gasteiger partial charge on any atom is -0.352 e. The molecule has 0 aliphatic rings. The molecule has 1 aromatic rings. The van der Waals surface area contributed by atoms with E-state index in [0.717, 1.165) is 5.56 Å². The highest BCUT2D eigenvalue weighted by molar-refractivity contribution is 6.76. The Morgan fingerprint density at radius 2 is 2.00 bits per heavy atom. The minimum atomic E-state index is -1.91. The lowest BCUT2D eigenvalue weighted by Crippen LogP contribution is -2.35. The number of rotatable bonds is 3. The molecule has 0 aromatic heterocycles. The molecule has 0 spiro atoms. The van der Waals surface area contributed by atoms with Crippen LogP contribution in [0.15, 0.2) is 24.3 Å². The SMILES string of the molecule is O=C(NCCc1cccc(Cl)c1)C(Cl)(Cl)Cl. The van der Waals surface area contributed by atoms with Crippen molar-refractivity contribution in [1.82, 2.24) is 5.32 Å². The van der Waals surface area contributed by atoms with Crippen LogP contribution < -0.4 is 5.32 Å². The maximum atomic E-state index is 11.2. The van der Waals surface area contributed by atoms with E-state index >= 15 is 0 Å². The van der Waals surface area contributed by atoms with E-state index in [0.29, 0.717) is 18.0 Å². The average molecular weight is 301 g/mol. The van der Waals surface area contributed by atoms with Crippen LogP contribution in [0.2, 0.25) is 5.02 Å². The van der Waals surface area contributed by atoms with Gasteiger partial charge in [-0.25, -0.2) is 0 Å². The normalized spacial score (nSPS) is 11.2. The number of nitrogens with one attached hydrogen (secondary N) is 1. The Labute approximate surface area is 114 Å². The van der Waals surface area contributed by atoms with Gasteiger partial charge in [-0.15, -0.1) is 0 Å². The molecular weight excluding hydrogens is 292 g/mol. The van der Waals surface area contributed by atoms with Crippen molar-refractivity contribution in [2.24, 2.45) is 0 Å². The average Bonchev–Trinajstić information content (AvgIpc) is 2.16. The monoisotopic (exact) mass is 299 g/mol. The van der Waals surface area contributed by atoms with Crippen molar-refractivity contribution >= 4 is 52.3 Å². The second-order valence-corrected chi connectivity index (χ2v) is 5.85. The zero-order valence-electron chi connectivity index (χ0n) is 8.14. The molecule has 2 nitrogen and oxygen atoms in total. The molecule has 6 heteroatoms. The fourth-order valence-corrected chi connectivity index (χ4v) is 1.53. The summed E-state index contributed by atoms with van der Waals surface area (Å²) in [6.07, 6.45) is 0.632. The predicted octanol–water partition coefficient (Wildman–Crippen LogP) is 3.37. The molecule has 1 amide bonds. The van der Waals surface area contributed by atoms with E-state index in [4.69, 9.17) is 46.4 Å². The van der Waals surface area contributed by atoms with Crippen LogP contribution in [0.5, 0.6) is 0 Å². The molecule has 88 valence electrons. The number of carbonyl (C=O) groups is 1. The summed E-state index contributed by atoms with van der Waals surface area (Å²) in [4.78, 5) is 11.2. The summed E-state index contributed by atoms with van der Waals surface area (Å²) in [6, 6.07) is 7.36. The first-order chi connectivity index (χ1) is 7.39. The van der Waals surface area contributed by atoms with E-state index in [2.05, 4.69) is 5.32 Å². The molecular formula is C10H9Cl4NO. The Hall–Kier alpha value is -0.150. The largest absolute Gasteiger partial charge is 0.352 e. The van der Waals surface area contributed by atoms with Crippen LogP contribution in [-0.2, 0) is 11.2 Å². The quantitative estimate of drug-likeness (QED) is 0.852. The highest BCUT2D eigenvalue weighted by Crippen LogP contribution is 2.25. The van der Waals surface area contributed by atoms with Gasteiger partial charge in [0.25, 0.3) is 9.70 Å². The molecule has 0 aliphatic carbocycles. The molecule has 0 radical (unpaired) electrons. The van der Waals surface area contributed by atoms with Crippen LogP contribution in [0.25, 0.3) is 0 Å². The van der Waals surface area contributed by atoms with Crippen LogP contribution >= 0.6 is 46.4 Å². The first-order valence-corrected chi connectivity index (χ1v) is 6.00. The molecule has 0 aliphatic heterocycles. The van der Waals surface area contributed by atoms with Gasteiger partial charge >= 0.3 is 0 Å². The highest BCUT2D eigenvalue weighted by Gasteiger charge is 2.29. The minimum absolute atomic E-state index is 0.396. The van der Waals surface area contributed by atoms with Gasteiger partial charge < -0.3 is 5.32 Å². The maximum absolute atomic E-state index is 11.2. The summed E-state index contributed by atoms with van der Waals surface area (Å²) in [5, 5.41) is 3.17. The van der Waals surface area contributed by atoms with E-state index in [-0.39, 0.29) is 0 Å². The third-order valence-electron chi connectivity index (χ3n) is 1.85. The number of halogens is 4. The van der Waals surface area contributed by atoms with Crippen LogP contribution in [0.4, 0.5) is 0 Å². The van der Waals surface area contributed by atoms with Gasteiger partial charge in [0, 0.05) is 11.6 Å². The van der Waals surface area contributed by atoms with Crippen molar-refractivity contribution in [3.8, 4) is 0 Å². The molecule has 16 heavy (non-hydrogen) atoms. The summed E-state index contributed by atoms with van der Waals surface area (Å²) < 4.78 is -1.91. The Morgan fingerprint density at radius 3 is 2.56 bits per heavy atom. The summed E-state index contributed by atoms with van der Waals surface area (Å²) in [5.41, 5.74) is 1.01. The summed E-state index contributed by atoms with van der Waals surface area (Å²) >= 11 is 22.0. The second-order valence-electron chi connectivity index (χ2n) is 3.13. The zero-order valence-corrected chi connectivity index (χ0v) is 11.2. The Kier molecular flexibility index (Phi) is 5.19. The summed E-state index contributed by atoms with van der Waals surface area (Å²) in [5.74, 6) is -0.625. The number of amides is 1. The molecule has 0 saturated heterocycles. The Bertz CT molecular complexity index is 375. The van der Waals surface area contributed by atoms with Crippen molar-refractivity contribution in [2.45, 2.75) is 10.2 Å². The lowest BCUT2D eigenvalue weighted by Gasteiger charge is -2.11. The van der Waals surface area contributed by atoms with E-state index in [1.54, 1.807) is 6.07 Å². The van der Waals surface area contributed by atoms with Gasteiger partial charge in [-0.05, 0) is 24.1 Å². The number of alkyl halides is 3. The third-order valence-corrected chi connectivity index (χ3v) is 2.60. The molecule has 0 fully saturated rings. The van der Waals surface area contributed by atoms with Gasteiger partial charge in [0.15, 0.2) is 0 Å². The van der Waals surface area contributed by atoms with Crippen LogP contribution in [-0.4, -0.2) is 16.2 Å². The first kappa shape index (κ1) is 13.9. The van der Waals surface area contributed by atoms with Gasteiger partial charge in [-0.1, -0.05) is 58.5 Å². The van der Waals surface area contributed by atoms with Crippen molar-refractivity contribution in [1.29, 1.82) is 0 Å². The lowest BCUT2D eigenvalue weighted by atomic mass is 10.1. The van der Waals surface area contributed by atoms with E-state index in [1.165, 1.54) is 0 Å². The number of hydrogen-bond acceptors (Lipinski definition) is 1. The van der Waals surface area contributed by atoms with Gasteiger partial charge in [0.2, 0.25) is 0 Å². The van der Waals surface area contributed by atoms with Crippen molar-refractivity contribution < 1.29 is 4.79 Å². The van der Waals surface area contributed by atoms with Crippen molar-refractivity contribution in [3.05, 3.63) is 34.9 Å². The van der Waals surface area contributed by atoms with Crippen molar-refractivity contribution in [2.75, 3.05) is 6.54 Å². The smallest absolute Gasteiger partial charge is 0.272 e. The van der Waals surface area contributed by atoms with Gasteiger partial charge in [0.1, 0.15) is 0 Å². The van der Waals surface area contributed by atoms with Crippen LogP contribution in [0.3, 0.4) is 0 Å². The predicted molar refractivity (Wildman–Crippen MR) is 68.5 cm³/mol. The zero-order chi connectivity index (χ0) is 12.2. The van der Waals surface area contributed by atoms with E-state index in [9.17, 15) is 4.79 Å². The van der Waals surface area contributed by atoms with Gasteiger partial charge in [-0.3, -0.25) is 4.79 Å². The fraction of sp³-hybridized carbons (Fsp3) is 0.300. The molecule has 0 atom stereocenters. The Balaban J connectivity index is 2.39. The maximum Gasteiger partial charge on any atom is 0.272 e. The molecule has 0 heterocycles. The lowest BCUT2D eigenvalue weighted by molar-refractivity contribution is -0.120. The molecule has 0 bridgehead atoms. The number of hydrogen-bond donors (Lipinski definition) is 1. The second kappa shape index (κ2) is 5.97. The topological polar surface area (TPSA) is 29.1 Å². The van der Waals surface area contributed by atoms with Crippen LogP contribution in [0.1, 0.15) is 5.56 Å². The molecule has 0 saturated carbocycles. The highest BCUT2D eigenvalue weighted by atomic mass is 35.6. The van der Waals surface area contributed by atoms with Crippen LogP contribution in [0, 0.1) is 0 Å². The van der Waals surface area contributed by atoms with E-state index in [1.807, 2.05) is 18.2 Å². The molecule has 1 rings (SSSR count). The standard InChI is InChI=1S/C10H9Cl4NO/c11-8-3-1-2-7(6-8)4-5-15-9(16)10(12,13)14/h1-3,6H,4-5H2,(H,15,16). The first-order valence-electron chi connectivity index (χ1n) is 4.49. The summed E-state index contributed by atoms with van der Waals surface area (Å²) in [6.45, 7) is 0.396. The van der Waals surface area contributed by atoms with Gasteiger partial charge in [0.05, 0.1) is 0 Å². The number of carbonyl (C=O) groups excluding carboxylic acids is 1. The third kappa shape index (κ3) is 4.79. The number of benzene rings is 1. The molecule has 1 aromatic carbocycles. The fourth-order valence-electron chi connectivity index (χ4n) is 1.11. The molecule has 1 N–H and O–H groups in total. The van der Waals surface area contributed by atoms with E-state index < -0.39 is 9.70 Å². The molecule has 0 unspecified atom stereocenters.